The summed E-state index contributed by atoms with van der Waals surface area (Å²) in [6.45, 7) is 4.61. The molecular formula is C13H16ClN3O. The first kappa shape index (κ1) is 12.9. The Kier molecular flexibility index (Phi) is 4.20. The lowest BCUT2D eigenvalue weighted by atomic mass is 10.1. The van der Waals surface area contributed by atoms with Gasteiger partial charge in [-0.25, -0.2) is 0 Å². The van der Waals surface area contributed by atoms with Gasteiger partial charge in [0.2, 0.25) is 0 Å². The van der Waals surface area contributed by atoms with Crippen molar-refractivity contribution in [2.24, 2.45) is 0 Å². The maximum Gasteiger partial charge on any atom is 0.122 e. The summed E-state index contributed by atoms with van der Waals surface area (Å²) in [5, 5.41) is 11.2. The Labute approximate surface area is 111 Å². The van der Waals surface area contributed by atoms with E-state index in [-0.39, 0.29) is 0 Å². The molecule has 2 aromatic rings. The van der Waals surface area contributed by atoms with Crippen molar-refractivity contribution in [2.75, 3.05) is 6.61 Å². The van der Waals surface area contributed by atoms with Crippen molar-refractivity contribution < 1.29 is 4.74 Å². The highest BCUT2D eigenvalue weighted by Gasteiger charge is 2.08. The van der Waals surface area contributed by atoms with Crippen molar-refractivity contribution in [2.45, 2.75) is 26.7 Å². The molecule has 0 saturated carbocycles. The summed E-state index contributed by atoms with van der Waals surface area (Å²) in [6, 6.07) is 3.96. The van der Waals surface area contributed by atoms with Crippen LogP contribution < -0.4 is 4.74 Å². The van der Waals surface area contributed by atoms with Crippen LogP contribution in [0.15, 0.2) is 18.3 Å². The van der Waals surface area contributed by atoms with Gasteiger partial charge in [-0.05, 0) is 49.9 Å². The number of aromatic amines is 1. The second-order valence-electron chi connectivity index (χ2n) is 4.10. The first-order chi connectivity index (χ1) is 8.70. The highest BCUT2D eigenvalue weighted by Crippen LogP contribution is 2.27. The molecule has 5 heteroatoms. The quantitative estimate of drug-likeness (QED) is 0.904. The molecule has 1 heterocycles. The predicted molar refractivity (Wildman–Crippen MR) is 71.1 cm³/mol. The Balaban J connectivity index is 2.17. The van der Waals surface area contributed by atoms with Gasteiger partial charge in [-0.1, -0.05) is 11.6 Å². The number of nitrogens with zero attached hydrogens (tertiary/aromatic N) is 2. The highest BCUT2D eigenvalue weighted by atomic mass is 35.5. The number of H-pyrrole nitrogens is 1. The lowest BCUT2D eigenvalue weighted by molar-refractivity contribution is 0.336. The van der Waals surface area contributed by atoms with E-state index in [9.17, 15) is 0 Å². The molecule has 0 aliphatic carbocycles. The van der Waals surface area contributed by atoms with E-state index in [4.69, 9.17) is 16.3 Å². The van der Waals surface area contributed by atoms with Crippen molar-refractivity contribution in [1.29, 1.82) is 0 Å². The molecule has 0 unspecified atom stereocenters. The zero-order valence-electron chi connectivity index (χ0n) is 10.5. The summed E-state index contributed by atoms with van der Waals surface area (Å²) in [5.41, 5.74) is 3.08. The van der Waals surface area contributed by atoms with Crippen molar-refractivity contribution in [3.05, 3.63) is 40.2 Å². The van der Waals surface area contributed by atoms with Crippen molar-refractivity contribution in [3.8, 4) is 5.75 Å². The molecule has 1 aromatic carbocycles. The molecule has 4 nitrogen and oxygen atoms in total. The number of benzene rings is 1. The summed E-state index contributed by atoms with van der Waals surface area (Å²) < 4.78 is 5.64. The average molecular weight is 266 g/mol. The molecule has 0 saturated heterocycles. The molecule has 1 aromatic heterocycles. The van der Waals surface area contributed by atoms with E-state index in [1.165, 1.54) is 0 Å². The molecule has 0 spiro atoms. The van der Waals surface area contributed by atoms with Gasteiger partial charge in [0.25, 0.3) is 0 Å². The van der Waals surface area contributed by atoms with Gasteiger partial charge in [-0.15, -0.1) is 0 Å². The van der Waals surface area contributed by atoms with Crippen LogP contribution in [0, 0.1) is 6.92 Å². The zero-order valence-corrected chi connectivity index (χ0v) is 11.3. The normalized spacial score (nSPS) is 10.6. The van der Waals surface area contributed by atoms with E-state index in [0.717, 1.165) is 40.4 Å². The minimum absolute atomic E-state index is 0.651. The van der Waals surface area contributed by atoms with Crippen LogP contribution in [-0.2, 0) is 12.8 Å². The molecule has 2 rings (SSSR count). The number of rotatable bonds is 5. The van der Waals surface area contributed by atoms with Crippen molar-refractivity contribution in [3.63, 3.8) is 0 Å². The third-order valence-electron chi connectivity index (χ3n) is 2.76. The Hall–Kier alpha value is -1.55. The maximum absolute atomic E-state index is 6.16. The molecule has 0 aliphatic heterocycles. The molecule has 96 valence electrons. The van der Waals surface area contributed by atoms with Crippen LogP contribution in [0.4, 0.5) is 0 Å². The molecule has 0 atom stereocenters. The third kappa shape index (κ3) is 3.01. The first-order valence-corrected chi connectivity index (χ1v) is 6.35. The molecule has 1 N–H and O–H groups in total. The van der Waals surface area contributed by atoms with E-state index in [0.29, 0.717) is 6.61 Å². The number of ether oxygens (including phenoxy) is 1. The van der Waals surface area contributed by atoms with Crippen LogP contribution in [-0.4, -0.2) is 22.0 Å². The number of aryl methyl sites for hydroxylation is 3. The highest BCUT2D eigenvalue weighted by molar-refractivity contribution is 6.31. The average Bonchev–Trinajstić information content (AvgIpc) is 2.85. The molecule has 0 bridgehead atoms. The van der Waals surface area contributed by atoms with Crippen molar-refractivity contribution in [1.82, 2.24) is 15.4 Å². The summed E-state index contributed by atoms with van der Waals surface area (Å²) in [7, 11) is 0. The molecule has 18 heavy (non-hydrogen) atoms. The second-order valence-corrected chi connectivity index (χ2v) is 4.51. The summed E-state index contributed by atoms with van der Waals surface area (Å²) >= 11 is 6.16. The largest absolute Gasteiger partial charge is 0.494 e. The topological polar surface area (TPSA) is 50.8 Å². The fraction of sp³-hybridized carbons (Fsp3) is 0.385. The number of hydrogen-bond donors (Lipinski definition) is 1. The van der Waals surface area contributed by atoms with Gasteiger partial charge in [0, 0.05) is 5.02 Å². The SMILES string of the molecule is CCOc1cc(C)c(Cl)cc1CCc1cn[nH]n1. The third-order valence-corrected chi connectivity index (χ3v) is 3.16. The zero-order chi connectivity index (χ0) is 13.0. The van der Waals surface area contributed by atoms with Gasteiger partial charge < -0.3 is 4.74 Å². The number of halogens is 1. The molecule has 0 aliphatic rings. The van der Waals surface area contributed by atoms with E-state index < -0.39 is 0 Å². The summed E-state index contributed by atoms with van der Waals surface area (Å²) in [6.07, 6.45) is 3.38. The fourth-order valence-electron chi connectivity index (χ4n) is 1.79. The lowest BCUT2D eigenvalue weighted by Crippen LogP contribution is -2.00. The second kappa shape index (κ2) is 5.87. The first-order valence-electron chi connectivity index (χ1n) is 5.97. The van der Waals surface area contributed by atoms with E-state index in [2.05, 4.69) is 15.4 Å². The van der Waals surface area contributed by atoms with E-state index in [1.54, 1.807) is 6.20 Å². The summed E-state index contributed by atoms with van der Waals surface area (Å²) in [4.78, 5) is 0. The molecule has 0 fully saturated rings. The Bertz CT molecular complexity index is 511. The Morgan fingerprint density at radius 2 is 2.17 bits per heavy atom. The number of aromatic nitrogens is 3. The summed E-state index contributed by atoms with van der Waals surface area (Å²) in [5.74, 6) is 0.905. The van der Waals surface area contributed by atoms with Crippen LogP contribution in [0.1, 0.15) is 23.7 Å². The predicted octanol–water partition coefficient (Wildman–Crippen LogP) is 2.95. The van der Waals surface area contributed by atoms with Crippen LogP contribution in [0.3, 0.4) is 0 Å². The van der Waals surface area contributed by atoms with Crippen LogP contribution >= 0.6 is 11.6 Å². The monoisotopic (exact) mass is 265 g/mol. The Morgan fingerprint density at radius 1 is 1.33 bits per heavy atom. The van der Waals surface area contributed by atoms with E-state index in [1.807, 2.05) is 26.0 Å². The van der Waals surface area contributed by atoms with Gasteiger partial charge in [0.15, 0.2) is 0 Å². The van der Waals surface area contributed by atoms with Crippen LogP contribution in [0.25, 0.3) is 0 Å². The van der Waals surface area contributed by atoms with E-state index >= 15 is 0 Å². The lowest BCUT2D eigenvalue weighted by Gasteiger charge is -2.12. The van der Waals surface area contributed by atoms with Gasteiger partial charge in [-0.2, -0.15) is 15.4 Å². The Morgan fingerprint density at radius 3 is 2.83 bits per heavy atom. The fourth-order valence-corrected chi connectivity index (χ4v) is 1.98. The van der Waals surface area contributed by atoms with Crippen LogP contribution in [0.2, 0.25) is 5.02 Å². The number of nitrogens with one attached hydrogen (secondary N) is 1. The standard InChI is InChI=1S/C13H16ClN3O/c1-3-18-13-6-9(2)12(14)7-10(13)4-5-11-8-15-17-16-11/h6-8H,3-5H2,1-2H3,(H,15,16,17). The molecular weight excluding hydrogens is 250 g/mol. The van der Waals surface area contributed by atoms with Gasteiger partial charge >= 0.3 is 0 Å². The smallest absolute Gasteiger partial charge is 0.122 e. The number of hydrogen-bond acceptors (Lipinski definition) is 3. The van der Waals surface area contributed by atoms with Gasteiger partial charge in [0.1, 0.15) is 5.75 Å². The van der Waals surface area contributed by atoms with Crippen molar-refractivity contribution >= 4 is 11.6 Å². The maximum atomic E-state index is 6.16. The minimum atomic E-state index is 0.651. The van der Waals surface area contributed by atoms with Gasteiger partial charge in [0.05, 0.1) is 18.5 Å². The molecule has 0 radical (unpaired) electrons. The molecule has 0 amide bonds. The van der Waals surface area contributed by atoms with Gasteiger partial charge in [-0.3, -0.25) is 0 Å². The van der Waals surface area contributed by atoms with Crippen LogP contribution in [0.5, 0.6) is 5.75 Å². The minimum Gasteiger partial charge on any atom is -0.494 e.